The third-order valence-electron chi connectivity index (χ3n) is 2.75. The first-order valence-corrected chi connectivity index (χ1v) is 5.50. The Morgan fingerprint density at radius 1 is 1.18 bits per heavy atom. The number of aromatic hydroxyl groups is 1. The van der Waals surface area contributed by atoms with E-state index in [0.29, 0.717) is 21.9 Å². The number of aryl methyl sites for hydroxylation is 1. The van der Waals surface area contributed by atoms with E-state index in [4.69, 9.17) is 21.1 Å². The molecule has 17 heavy (non-hydrogen) atoms. The summed E-state index contributed by atoms with van der Waals surface area (Å²) in [7, 11) is 3.15. The first kappa shape index (κ1) is 11.9. The summed E-state index contributed by atoms with van der Waals surface area (Å²) < 4.78 is 10.6. The molecular weight excluding hydrogens is 240 g/mol. The molecule has 0 saturated heterocycles. The third-order valence-corrected chi connectivity index (χ3v) is 3.05. The van der Waals surface area contributed by atoms with E-state index in [1.54, 1.807) is 20.3 Å². The van der Waals surface area contributed by atoms with Gasteiger partial charge in [-0.3, -0.25) is 0 Å². The highest BCUT2D eigenvalue weighted by atomic mass is 35.5. The van der Waals surface area contributed by atoms with Gasteiger partial charge in [0.2, 0.25) is 0 Å². The smallest absolute Gasteiger partial charge is 0.145 e. The van der Waals surface area contributed by atoms with E-state index >= 15 is 0 Å². The molecule has 2 aromatic rings. The second-order valence-corrected chi connectivity index (χ2v) is 4.15. The zero-order chi connectivity index (χ0) is 12.6. The molecule has 0 fully saturated rings. The lowest BCUT2D eigenvalue weighted by atomic mass is 10.0. The molecule has 0 unspecified atom stereocenters. The predicted octanol–water partition coefficient (Wildman–Crippen LogP) is 3.52. The Balaban J connectivity index is 2.97. The van der Waals surface area contributed by atoms with Gasteiger partial charge in [0.25, 0.3) is 0 Å². The molecule has 0 heterocycles. The van der Waals surface area contributed by atoms with Crippen LogP contribution in [0.25, 0.3) is 10.8 Å². The monoisotopic (exact) mass is 252 g/mol. The number of rotatable bonds is 2. The molecule has 0 aliphatic rings. The third kappa shape index (κ3) is 1.76. The highest BCUT2D eigenvalue weighted by Gasteiger charge is 2.15. The van der Waals surface area contributed by atoms with E-state index in [9.17, 15) is 5.11 Å². The lowest BCUT2D eigenvalue weighted by Crippen LogP contribution is -1.93. The number of halogens is 1. The molecule has 0 spiro atoms. The van der Waals surface area contributed by atoms with Crippen LogP contribution in [-0.4, -0.2) is 19.3 Å². The minimum absolute atomic E-state index is 0.0133. The van der Waals surface area contributed by atoms with Crippen molar-refractivity contribution in [3.05, 3.63) is 28.8 Å². The fraction of sp³-hybridized carbons (Fsp3) is 0.231. The van der Waals surface area contributed by atoms with Gasteiger partial charge in [0.05, 0.1) is 24.6 Å². The average Bonchev–Trinajstić information content (AvgIpc) is 2.32. The maximum absolute atomic E-state index is 10.0. The molecule has 0 aliphatic carbocycles. The number of fused-ring (bicyclic) bond motifs is 1. The number of benzene rings is 2. The lowest BCUT2D eigenvalue weighted by molar-refractivity contribution is 0.405. The van der Waals surface area contributed by atoms with Gasteiger partial charge in [-0.15, -0.1) is 0 Å². The van der Waals surface area contributed by atoms with Gasteiger partial charge in [-0.05, 0) is 30.7 Å². The van der Waals surface area contributed by atoms with Crippen molar-refractivity contribution in [2.75, 3.05) is 14.2 Å². The molecule has 0 radical (unpaired) electrons. The van der Waals surface area contributed by atoms with Crippen LogP contribution >= 0.6 is 11.6 Å². The Morgan fingerprint density at radius 3 is 2.47 bits per heavy atom. The molecule has 0 aromatic heterocycles. The zero-order valence-electron chi connectivity index (χ0n) is 9.87. The minimum atomic E-state index is 0.0133. The first-order valence-electron chi connectivity index (χ1n) is 5.13. The van der Waals surface area contributed by atoms with Gasteiger partial charge in [0.1, 0.15) is 17.2 Å². The van der Waals surface area contributed by atoms with Crippen molar-refractivity contribution in [3.8, 4) is 17.2 Å². The van der Waals surface area contributed by atoms with Crippen LogP contribution < -0.4 is 9.47 Å². The maximum atomic E-state index is 10.0. The number of phenols is 1. The van der Waals surface area contributed by atoms with Crippen LogP contribution in [-0.2, 0) is 0 Å². The molecule has 0 saturated carbocycles. The molecular formula is C13H13ClO3. The van der Waals surface area contributed by atoms with Crippen LogP contribution in [0.5, 0.6) is 17.2 Å². The van der Waals surface area contributed by atoms with E-state index in [1.807, 2.05) is 19.1 Å². The van der Waals surface area contributed by atoms with Crippen molar-refractivity contribution >= 4 is 22.4 Å². The number of methoxy groups -OCH3 is 2. The van der Waals surface area contributed by atoms with E-state index in [1.165, 1.54) is 0 Å². The second-order valence-electron chi connectivity index (χ2n) is 3.75. The Hall–Kier alpha value is -1.61. The SMILES string of the molecule is COc1c(C)cc(OC)c2c(O)c(Cl)ccc12. The molecule has 90 valence electrons. The highest BCUT2D eigenvalue weighted by Crippen LogP contribution is 2.43. The Labute approximate surface area is 105 Å². The fourth-order valence-electron chi connectivity index (χ4n) is 1.98. The summed E-state index contributed by atoms with van der Waals surface area (Å²) in [5.41, 5.74) is 0.943. The summed E-state index contributed by atoms with van der Waals surface area (Å²) in [6, 6.07) is 5.27. The summed E-state index contributed by atoms with van der Waals surface area (Å²) in [5.74, 6) is 1.31. The molecule has 2 rings (SSSR count). The number of phenolic OH excluding ortho intramolecular Hbond substituents is 1. The minimum Gasteiger partial charge on any atom is -0.506 e. The van der Waals surface area contributed by atoms with Crippen LogP contribution in [0.15, 0.2) is 18.2 Å². The average molecular weight is 253 g/mol. The van der Waals surface area contributed by atoms with E-state index < -0.39 is 0 Å². The van der Waals surface area contributed by atoms with Gasteiger partial charge in [0.15, 0.2) is 0 Å². The summed E-state index contributed by atoms with van der Waals surface area (Å²) in [4.78, 5) is 0. The topological polar surface area (TPSA) is 38.7 Å². The Kier molecular flexibility index (Phi) is 3.03. The van der Waals surface area contributed by atoms with E-state index in [0.717, 1.165) is 10.9 Å². The van der Waals surface area contributed by atoms with Crippen molar-refractivity contribution < 1.29 is 14.6 Å². The standard InChI is InChI=1S/C13H13ClO3/c1-7-6-10(16-2)11-8(13(7)17-3)4-5-9(14)12(11)15/h4-6,15H,1-3H3. The normalized spacial score (nSPS) is 10.6. The number of ether oxygens (including phenoxy) is 2. The molecule has 0 aliphatic heterocycles. The van der Waals surface area contributed by atoms with Crippen LogP contribution in [0.1, 0.15) is 5.56 Å². The van der Waals surface area contributed by atoms with Crippen molar-refractivity contribution in [1.82, 2.24) is 0 Å². The molecule has 0 bridgehead atoms. The molecule has 4 heteroatoms. The van der Waals surface area contributed by atoms with Crippen molar-refractivity contribution in [2.24, 2.45) is 0 Å². The quantitative estimate of drug-likeness (QED) is 0.889. The Morgan fingerprint density at radius 2 is 1.88 bits per heavy atom. The maximum Gasteiger partial charge on any atom is 0.145 e. The van der Waals surface area contributed by atoms with Gasteiger partial charge in [-0.1, -0.05) is 11.6 Å². The van der Waals surface area contributed by atoms with Crippen LogP contribution in [0, 0.1) is 6.92 Å². The number of hydrogen-bond acceptors (Lipinski definition) is 3. The largest absolute Gasteiger partial charge is 0.506 e. The molecule has 0 amide bonds. The molecule has 2 aromatic carbocycles. The van der Waals surface area contributed by atoms with Crippen molar-refractivity contribution in [2.45, 2.75) is 6.92 Å². The highest BCUT2D eigenvalue weighted by molar-refractivity contribution is 6.33. The zero-order valence-corrected chi connectivity index (χ0v) is 10.6. The van der Waals surface area contributed by atoms with Gasteiger partial charge >= 0.3 is 0 Å². The second kappa shape index (κ2) is 4.34. The van der Waals surface area contributed by atoms with Gasteiger partial charge < -0.3 is 14.6 Å². The number of hydrogen-bond donors (Lipinski definition) is 1. The lowest BCUT2D eigenvalue weighted by Gasteiger charge is -2.14. The Bertz CT molecular complexity index is 579. The fourth-order valence-corrected chi connectivity index (χ4v) is 2.14. The van der Waals surface area contributed by atoms with Crippen molar-refractivity contribution in [3.63, 3.8) is 0 Å². The van der Waals surface area contributed by atoms with Crippen molar-refractivity contribution in [1.29, 1.82) is 0 Å². The van der Waals surface area contributed by atoms with E-state index in [-0.39, 0.29) is 5.75 Å². The van der Waals surface area contributed by atoms with Crippen LogP contribution in [0.4, 0.5) is 0 Å². The summed E-state index contributed by atoms with van der Waals surface area (Å²) in [6.45, 7) is 1.92. The van der Waals surface area contributed by atoms with Gasteiger partial charge in [-0.25, -0.2) is 0 Å². The molecule has 0 atom stereocenters. The molecule has 1 N–H and O–H groups in total. The summed E-state index contributed by atoms with van der Waals surface area (Å²) >= 11 is 5.91. The first-order chi connectivity index (χ1) is 8.10. The summed E-state index contributed by atoms with van der Waals surface area (Å²) in [6.07, 6.45) is 0. The van der Waals surface area contributed by atoms with E-state index in [2.05, 4.69) is 0 Å². The predicted molar refractivity (Wildman–Crippen MR) is 68.5 cm³/mol. The summed E-state index contributed by atoms with van der Waals surface area (Å²) in [5, 5.41) is 11.7. The van der Waals surface area contributed by atoms with Crippen LogP contribution in [0.3, 0.4) is 0 Å². The molecule has 3 nitrogen and oxygen atoms in total. The van der Waals surface area contributed by atoms with Crippen LogP contribution in [0.2, 0.25) is 5.02 Å². The van der Waals surface area contributed by atoms with Gasteiger partial charge in [-0.2, -0.15) is 0 Å². The van der Waals surface area contributed by atoms with Gasteiger partial charge in [0, 0.05) is 5.39 Å².